The first kappa shape index (κ1) is 28.8. The van der Waals surface area contributed by atoms with Crippen molar-refractivity contribution in [2.45, 2.75) is 6.92 Å². The average molecular weight is 693 g/mol. The molecule has 0 aliphatic heterocycles. The molecule has 0 unspecified atom stereocenters. The standard InChI is InChI=1S/C14H14F2INO3.C7H3F2IO2/c1-4-21-14(20)9(7-18(2)3)13(19)8-5-12(17)11(16)6-10(8)15;8-4-2-5(9)6(10)1-3(4)7(11)12/h5-7H,4H2,1-3H3;1-2H,(H,11,12). The van der Waals surface area contributed by atoms with Gasteiger partial charge in [0.2, 0.25) is 5.78 Å². The van der Waals surface area contributed by atoms with E-state index in [1.165, 1.54) is 11.1 Å². The van der Waals surface area contributed by atoms with Crippen molar-refractivity contribution >= 4 is 62.9 Å². The van der Waals surface area contributed by atoms with Crippen molar-refractivity contribution in [1.82, 2.24) is 4.90 Å². The van der Waals surface area contributed by atoms with Crippen LogP contribution in [0.25, 0.3) is 0 Å². The van der Waals surface area contributed by atoms with Gasteiger partial charge in [-0.25, -0.2) is 27.2 Å². The van der Waals surface area contributed by atoms with E-state index in [1.807, 2.05) is 0 Å². The fourth-order valence-electron chi connectivity index (χ4n) is 2.20. The second-order valence-electron chi connectivity index (χ2n) is 6.35. The van der Waals surface area contributed by atoms with Crippen LogP contribution in [-0.2, 0) is 9.53 Å². The second-order valence-corrected chi connectivity index (χ2v) is 8.68. The molecule has 2 rings (SSSR count). The van der Waals surface area contributed by atoms with Crippen LogP contribution >= 0.6 is 45.2 Å². The highest BCUT2D eigenvalue weighted by Crippen LogP contribution is 2.20. The molecule has 0 fully saturated rings. The van der Waals surface area contributed by atoms with Gasteiger partial charge in [-0.15, -0.1) is 0 Å². The van der Waals surface area contributed by atoms with E-state index < -0.39 is 46.6 Å². The van der Waals surface area contributed by atoms with Gasteiger partial charge >= 0.3 is 11.9 Å². The van der Waals surface area contributed by atoms with Crippen molar-refractivity contribution in [3.05, 3.63) is 77.6 Å². The van der Waals surface area contributed by atoms with Crippen LogP contribution in [0.1, 0.15) is 27.6 Å². The highest BCUT2D eigenvalue weighted by atomic mass is 127. The van der Waals surface area contributed by atoms with Crippen molar-refractivity contribution in [1.29, 1.82) is 0 Å². The van der Waals surface area contributed by atoms with E-state index in [0.29, 0.717) is 12.1 Å². The van der Waals surface area contributed by atoms with Gasteiger partial charge in [0.05, 0.1) is 17.7 Å². The van der Waals surface area contributed by atoms with Gasteiger partial charge in [-0.2, -0.15) is 0 Å². The highest BCUT2D eigenvalue weighted by Gasteiger charge is 2.25. The molecule has 33 heavy (non-hydrogen) atoms. The van der Waals surface area contributed by atoms with E-state index in [9.17, 15) is 31.9 Å². The number of rotatable bonds is 6. The number of carboxylic acid groups (broad SMARTS) is 1. The SMILES string of the molecule is CCOC(=O)C(=CN(C)C)C(=O)c1cc(I)c(F)cc1F.O=C(O)c1cc(I)c(F)cc1F. The van der Waals surface area contributed by atoms with Crippen LogP contribution in [0.15, 0.2) is 36.0 Å². The van der Waals surface area contributed by atoms with Gasteiger partial charge in [0.25, 0.3) is 0 Å². The molecule has 12 heteroatoms. The lowest BCUT2D eigenvalue weighted by Gasteiger charge is -2.11. The Morgan fingerprint density at radius 2 is 1.36 bits per heavy atom. The summed E-state index contributed by atoms with van der Waals surface area (Å²) in [5, 5.41) is 8.42. The zero-order valence-electron chi connectivity index (χ0n) is 17.4. The first-order chi connectivity index (χ1) is 15.3. The Bertz CT molecular complexity index is 1110. The lowest BCUT2D eigenvalue weighted by Crippen LogP contribution is -2.20. The number of nitrogens with zero attached hydrogens (tertiary/aromatic N) is 1. The molecule has 2 aromatic carbocycles. The van der Waals surface area contributed by atoms with Crippen LogP contribution in [-0.4, -0.2) is 48.4 Å². The molecule has 0 aliphatic rings. The van der Waals surface area contributed by atoms with Gasteiger partial charge in [-0.1, -0.05) is 0 Å². The van der Waals surface area contributed by atoms with Gasteiger partial charge in [0.15, 0.2) is 0 Å². The highest BCUT2D eigenvalue weighted by molar-refractivity contribution is 14.1. The quantitative estimate of drug-likeness (QED) is 0.0669. The van der Waals surface area contributed by atoms with E-state index in [0.717, 1.165) is 12.1 Å². The molecular weight excluding hydrogens is 676 g/mol. The fourth-order valence-corrected chi connectivity index (χ4v) is 3.13. The molecule has 2 aromatic rings. The minimum Gasteiger partial charge on any atom is -0.478 e. The van der Waals surface area contributed by atoms with Crippen LogP contribution in [0.2, 0.25) is 0 Å². The average Bonchev–Trinajstić information content (AvgIpc) is 2.71. The Balaban J connectivity index is 0.000000383. The Morgan fingerprint density at radius 3 is 1.79 bits per heavy atom. The summed E-state index contributed by atoms with van der Waals surface area (Å²) in [4.78, 5) is 35.9. The summed E-state index contributed by atoms with van der Waals surface area (Å²) in [6.07, 6.45) is 1.25. The van der Waals surface area contributed by atoms with Gasteiger partial charge in [-0.3, -0.25) is 4.79 Å². The molecule has 6 nitrogen and oxygen atoms in total. The maximum atomic E-state index is 13.8. The smallest absolute Gasteiger partial charge is 0.343 e. The van der Waals surface area contributed by atoms with E-state index >= 15 is 0 Å². The van der Waals surface area contributed by atoms with Gasteiger partial charge in [0, 0.05) is 39.6 Å². The van der Waals surface area contributed by atoms with Crippen molar-refractivity contribution in [3.8, 4) is 0 Å². The van der Waals surface area contributed by atoms with Gasteiger partial charge in [-0.05, 0) is 64.2 Å². The summed E-state index contributed by atoms with van der Waals surface area (Å²) in [5.74, 6) is -6.69. The number of halogens is 6. The topological polar surface area (TPSA) is 83.9 Å². The van der Waals surface area contributed by atoms with Gasteiger partial charge in [0.1, 0.15) is 28.8 Å². The van der Waals surface area contributed by atoms with Crippen LogP contribution in [0.4, 0.5) is 17.6 Å². The molecule has 0 aliphatic carbocycles. The zero-order valence-corrected chi connectivity index (χ0v) is 21.7. The van der Waals surface area contributed by atoms with Crippen molar-refractivity contribution in [2.75, 3.05) is 20.7 Å². The summed E-state index contributed by atoms with van der Waals surface area (Å²) in [6.45, 7) is 1.68. The van der Waals surface area contributed by atoms with Crippen molar-refractivity contribution < 1.29 is 41.8 Å². The van der Waals surface area contributed by atoms with Crippen LogP contribution in [0, 0.1) is 30.4 Å². The Morgan fingerprint density at radius 1 is 0.909 bits per heavy atom. The van der Waals surface area contributed by atoms with Crippen LogP contribution in [0.5, 0.6) is 0 Å². The predicted octanol–water partition coefficient (Wildman–Crippen LogP) is 5.03. The fraction of sp³-hybridized carbons (Fsp3) is 0.190. The number of esters is 1. The number of ether oxygens (including phenoxy) is 1. The third-order valence-corrected chi connectivity index (χ3v) is 5.28. The number of carbonyl (C=O) groups excluding carboxylic acids is 2. The molecule has 0 bridgehead atoms. The normalized spacial score (nSPS) is 10.8. The molecule has 0 saturated heterocycles. The number of ketones is 1. The summed E-state index contributed by atoms with van der Waals surface area (Å²) >= 11 is 3.24. The summed E-state index contributed by atoms with van der Waals surface area (Å²) in [6, 6.07) is 3.20. The molecule has 0 aromatic heterocycles. The van der Waals surface area contributed by atoms with Crippen molar-refractivity contribution in [2.24, 2.45) is 0 Å². The number of aromatic carboxylic acids is 1. The first-order valence-corrected chi connectivity index (χ1v) is 11.1. The molecule has 0 atom stereocenters. The van der Waals surface area contributed by atoms with Gasteiger partial charge < -0.3 is 14.7 Å². The number of carboxylic acids is 1. The third-order valence-electron chi connectivity index (χ3n) is 3.62. The lowest BCUT2D eigenvalue weighted by atomic mass is 10.0. The Hall–Kier alpha value is -2.23. The lowest BCUT2D eigenvalue weighted by molar-refractivity contribution is -0.138. The zero-order chi connectivity index (χ0) is 25.5. The maximum absolute atomic E-state index is 13.8. The summed E-state index contributed by atoms with van der Waals surface area (Å²) < 4.78 is 57.2. The van der Waals surface area contributed by atoms with E-state index in [2.05, 4.69) is 0 Å². The second kappa shape index (κ2) is 12.9. The Labute approximate surface area is 213 Å². The molecular formula is C21H17F4I2NO5. The Kier molecular flexibility index (Phi) is 11.2. The summed E-state index contributed by atoms with van der Waals surface area (Å²) in [5.41, 5.74) is -1.20. The van der Waals surface area contributed by atoms with Crippen LogP contribution < -0.4 is 0 Å². The molecule has 0 radical (unpaired) electrons. The molecule has 0 saturated carbocycles. The number of carbonyl (C=O) groups is 3. The van der Waals surface area contributed by atoms with Crippen LogP contribution in [0.3, 0.4) is 0 Å². The van der Waals surface area contributed by atoms with E-state index in [4.69, 9.17) is 9.84 Å². The van der Waals surface area contributed by atoms with E-state index in [1.54, 1.807) is 66.2 Å². The molecule has 0 amide bonds. The monoisotopic (exact) mass is 693 g/mol. The number of benzene rings is 2. The maximum Gasteiger partial charge on any atom is 0.343 e. The number of hydrogen-bond donors (Lipinski definition) is 1. The molecule has 1 N–H and O–H groups in total. The van der Waals surface area contributed by atoms with Crippen molar-refractivity contribution in [3.63, 3.8) is 0 Å². The largest absolute Gasteiger partial charge is 0.478 e. The minimum absolute atomic E-state index is 0.0836. The molecule has 178 valence electrons. The molecule has 0 spiro atoms. The first-order valence-electron chi connectivity index (χ1n) is 8.92. The third kappa shape index (κ3) is 8.24. The number of Topliss-reactive ketones (excluding diaryl/α,β-unsaturated/α-hetero) is 1. The predicted molar refractivity (Wildman–Crippen MR) is 128 cm³/mol. The minimum atomic E-state index is -1.40. The van der Waals surface area contributed by atoms with E-state index in [-0.39, 0.29) is 24.9 Å². The number of hydrogen-bond acceptors (Lipinski definition) is 5. The summed E-state index contributed by atoms with van der Waals surface area (Å²) in [7, 11) is 3.22. The molecule has 0 heterocycles.